The molecule has 3 nitrogen and oxygen atoms in total. The van der Waals surface area contributed by atoms with Crippen LogP contribution in [0.2, 0.25) is 10.2 Å². The first-order valence-corrected chi connectivity index (χ1v) is 6.31. The highest BCUT2D eigenvalue weighted by atomic mass is 35.5. The average molecular weight is 275 g/mol. The topological polar surface area (TPSA) is 33.2 Å². The molecule has 1 rings (SSSR count). The zero-order chi connectivity index (χ0) is 13.0. The second-order valence-electron chi connectivity index (χ2n) is 4.05. The normalized spacial score (nSPS) is 12.3. The van der Waals surface area contributed by atoms with Gasteiger partial charge in [0.2, 0.25) is 0 Å². The molecule has 1 amide bonds. The van der Waals surface area contributed by atoms with Crippen molar-refractivity contribution in [1.82, 2.24) is 9.88 Å². The number of amides is 1. The number of rotatable bonds is 4. The number of carbonyl (C=O) groups is 1. The summed E-state index contributed by atoms with van der Waals surface area (Å²) in [7, 11) is 1.78. The Labute approximate surface area is 112 Å². The van der Waals surface area contributed by atoms with Crippen molar-refractivity contribution in [3.63, 3.8) is 0 Å². The summed E-state index contributed by atoms with van der Waals surface area (Å²) in [4.78, 5) is 17.7. The molecular formula is C12H16Cl2N2O. The lowest BCUT2D eigenvalue weighted by molar-refractivity contribution is 0.0736. The van der Waals surface area contributed by atoms with E-state index >= 15 is 0 Å². The molecule has 17 heavy (non-hydrogen) atoms. The first-order valence-electron chi connectivity index (χ1n) is 5.55. The molecule has 94 valence electrons. The van der Waals surface area contributed by atoms with Crippen LogP contribution in [0.25, 0.3) is 0 Å². The Balaban J connectivity index is 2.85. The maximum atomic E-state index is 12.1. The van der Waals surface area contributed by atoms with Gasteiger partial charge >= 0.3 is 0 Å². The van der Waals surface area contributed by atoms with Crippen molar-refractivity contribution in [3.05, 3.63) is 28.0 Å². The number of aromatic nitrogens is 1. The highest BCUT2D eigenvalue weighted by Crippen LogP contribution is 2.21. The minimum atomic E-state index is -0.0861. The van der Waals surface area contributed by atoms with Gasteiger partial charge in [-0.15, -0.1) is 0 Å². The number of hydrogen-bond acceptors (Lipinski definition) is 2. The van der Waals surface area contributed by atoms with E-state index in [1.807, 2.05) is 6.92 Å². The standard InChI is InChI=1S/C12H16Cl2N2O/c1-4-5-8(2)16(3)12(17)9-6-10(13)11(14)15-7-9/h6-8H,4-5H2,1-3H3/t8-/m0/s1. The van der Waals surface area contributed by atoms with Gasteiger partial charge in [-0.3, -0.25) is 4.79 Å². The predicted octanol–water partition coefficient (Wildman–Crippen LogP) is 3.65. The van der Waals surface area contributed by atoms with E-state index in [1.165, 1.54) is 6.20 Å². The SMILES string of the molecule is CCC[C@H](C)N(C)C(=O)c1cnc(Cl)c(Cl)c1. The number of hydrogen-bond donors (Lipinski definition) is 0. The molecule has 1 atom stereocenters. The van der Waals surface area contributed by atoms with Gasteiger partial charge in [-0.05, 0) is 19.4 Å². The van der Waals surface area contributed by atoms with Crippen LogP contribution in [0.1, 0.15) is 37.0 Å². The van der Waals surface area contributed by atoms with Gasteiger partial charge in [0.1, 0.15) is 5.15 Å². The first kappa shape index (κ1) is 14.3. The molecule has 0 bridgehead atoms. The van der Waals surface area contributed by atoms with Crippen LogP contribution >= 0.6 is 23.2 Å². The number of nitrogens with zero attached hydrogens (tertiary/aromatic N) is 2. The Morgan fingerprint density at radius 1 is 1.53 bits per heavy atom. The molecule has 1 heterocycles. The van der Waals surface area contributed by atoms with E-state index in [9.17, 15) is 4.79 Å². The molecule has 0 aliphatic carbocycles. The molecule has 0 N–H and O–H groups in total. The van der Waals surface area contributed by atoms with Crippen LogP contribution in [0, 0.1) is 0 Å². The summed E-state index contributed by atoms with van der Waals surface area (Å²) in [5.41, 5.74) is 0.463. The van der Waals surface area contributed by atoms with E-state index < -0.39 is 0 Å². The zero-order valence-corrected chi connectivity index (χ0v) is 11.7. The van der Waals surface area contributed by atoms with Gasteiger partial charge in [-0.1, -0.05) is 36.5 Å². The molecule has 0 saturated carbocycles. The van der Waals surface area contributed by atoms with Crippen LogP contribution in [-0.4, -0.2) is 28.9 Å². The molecule has 1 aromatic heterocycles. The third kappa shape index (κ3) is 3.58. The summed E-state index contributed by atoms with van der Waals surface area (Å²) in [6.45, 7) is 4.11. The first-order chi connectivity index (χ1) is 7.97. The molecule has 1 aromatic rings. The lowest BCUT2D eigenvalue weighted by Gasteiger charge is -2.24. The molecule has 0 aromatic carbocycles. The van der Waals surface area contributed by atoms with E-state index in [4.69, 9.17) is 23.2 Å². The van der Waals surface area contributed by atoms with E-state index in [1.54, 1.807) is 18.0 Å². The minimum absolute atomic E-state index is 0.0861. The molecule has 0 aliphatic heterocycles. The Bertz CT molecular complexity index is 409. The Hall–Kier alpha value is -0.800. The molecule has 0 fully saturated rings. The second kappa shape index (κ2) is 6.22. The van der Waals surface area contributed by atoms with Crippen LogP contribution in [-0.2, 0) is 0 Å². The molecule has 0 aliphatic rings. The van der Waals surface area contributed by atoms with E-state index in [0.29, 0.717) is 10.6 Å². The third-order valence-electron chi connectivity index (χ3n) is 2.73. The molecule has 0 radical (unpaired) electrons. The Kier molecular flexibility index (Phi) is 5.22. The van der Waals surface area contributed by atoms with Gasteiger partial charge in [0.05, 0.1) is 10.6 Å². The lowest BCUT2D eigenvalue weighted by Crippen LogP contribution is -2.35. The van der Waals surface area contributed by atoms with Crippen molar-refractivity contribution >= 4 is 29.1 Å². The van der Waals surface area contributed by atoms with E-state index in [2.05, 4.69) is 11.9 Å². The number of carbonyl (C=O) groups excluding carboxylic acids is 1. The van der Waals surface area contributed by atoms with Crippen LogP contribution in [0.15, 0.2) is 12.3 Å². The summed E-state index contributed by atoms with van der Waals surface area (Å²) in [6.07, 6.45) is 3.46. The Morgan fingerprint density at radius 2 is 2.18 bits per heavy atom. The van der Waals surface area contributed by atoms with Crippen LogP contribution in [0.4, 0.5) is 0 Å². The summed E-state index contributed by atoms with van der Waals surface area (Å²) in [5.74, 6) is -0.0861. The van der Waals surface area contributed by atoms with Gasteiger partial charge in [-0.2, -0.15) is 0 Å². The largest absolute Gasteiger partial charge is 0.339 e. The minimum Gasteiger partial charge on any atom is -0.339 e. The van der Waals surface area contributed by atoms with Crippen LogP contribution in [0.3, 0.4) is 0 Å². The smallest absolute Gasteiger partial charge is 0.255 e. The molecule has 5 heteroatoms. The zero-order valence-electron chi connectivity index (χ0n) is 10.2. The molecule has 0 spiro atoms. The monoisotopic (exact) mass is 274 g/mol. The van der Waals surface area contributed by atoms with Crippen LogP contribution < -0.4 is 0 Å². The maximum absolute atomic E-state index is 12.1. The quantitative estimate of drug-likeness (QED) is 0.786. The highest BCUT2D eigenvalue weighted by Gasteiger charge is 2.18. The fraction of sp³-hybridized carbons (Fsp3) is 0.500. The van der Waals surface area contributed by atoms with Crippen molar-refractivity contribution in [1.29, 1.82) is 0 Å². The highest BCUT2D eigenvalue weighted by molar-refractivity contribution is 6.41. The molecular weight excluding hydrogens is 259 g/mol. The van der Waals surface area contributed by atoms with Gasteiger partial charge in [-0.25, -0.2) is 4.98 Å². The van der Waals surface area contributed by atoms with Gasteiger partial charge in [0, 0.05) is 19.3 Å². The third-order valence-corrected chi connectivity index (χ3v) is 3.42. The van der Waals surface area contributed by atoms with E-state index in [-0.39, 0.29) is 17.1 Å². The van der Waals surface area contributed by atoms with Crippen molar-refractivity contribution in [2.24, 2.45) is 0 Å². The van der Waals surface area contributed by atoms with Crippen molar-refractivity contribution in [3.8, 4) is 0 Å². The van der Waals surface area contributed by atoms with Gasteiger partial charge in [0.15, 0.2) is 0 Å². The fourth-order valence-corrected chi connectivity index (χ4v) is 1.82. The number of halogens is 2. The summed E-state index contributed by atoms with van der Waals surface area (Å²) < 4.78 is 0. The van der Waals surface area contributed by atoms with Gasteiger partial charge < -0.3 is 4.90 Å². The Morgan fingerprint density at radius 3 is 2.71 bits per heavy atom. The van der Waals surface area contributed by atoms with Crippen molar-refractivity contribution in [2.75, 3.05) is 7.05 Å². The predicted molar refractivity (Wildman–Crippen MR) is 70.7 cm³/mol. The molecule has 0 saturated heterocycles. The molecule has 0 unspecified atom stereocenters. The van der Waals surface area contributed by atoms with Crippen LogP contribution in [0.5, 0.6) is 0 Å². The second-order valence-corrected chi connectivity index (χ2v) is 4.82. The summed E-state index contributed by atoms with van der Waals surface area (Å²) in [6, 6.07) is 1.75. The maximum Gasteiger partial charge on any atom is 0.255 e. The summed E-state index contributed by atoms with van der Waals surface area (Å²) in [5, 5.41) is 0.515. The van der Waals surface area contributed by atoms with Crippen molar-refractivity contribution < 1.29 is 4.79 Å². The summed E-state index contributed by atoms with van der Waals surface area (Å²) >= 11 is 11.5. The fourth-order valence-electron chi connectivity index (χ4n) is 1.55. The van der Waals surface area contributed by atoms with E-state index in [0.717, 1.165) is 12.8 Å². The lowest BCUT2D eigenvalue weighted by atomic mass is 10.1. The number of pyridine rings is 1. The van der Waals surface area contributed by atoms with Gasteiger partial charge in [0.25, 0.3) is 5.91 Å². The van der Waals surface area contributed by atoms with Crippen molar-refractivity contribution in [2.45, 2.75) is 32.7 Å². The average Bonchev–Trinajstić information content (AvgIpc) is 2.31.